The summed E-state index contributed by atoms with van der Waals surface area (Å²) in [5.74, 6) is 1.68. The maximum atomic E-state index is 12.8. The molecule has 0 bridgehead atoms. The van der Waals surface area contributed by atoms with E-state index in [1.54, 1.807) is 45.9 Å². The van der Waals surface area contributed by atoms with Gasteiger partial charge in [0.15, 0.2) is 28.8 Å². The first-order valence-corrected chi connectivity index (χ1v) is 11.4. The van der Waals surface area contributed by atoms with Gasteiger partial charge in [-0.05, 0) is 29.8 Å². The Morgan fingerprint density at radius 2 is 1.59 bits per heavy atom. The topological polar surface area (TPSA) is 102 Å². The Hall–Kier alpha value is -4.85. The zero-order valence-electron chi connectivity index (χ0n) is 21.0. The highest BCUT2D eigenvalue weighted by atomic mass is 16.5. The van der Waals surface area contributed by atoms with Crippen molar-refractivity contribution in [3.63, 3.8) is 0 Å². The highest BCUT2D eigenvalue weighted by Gasteiger charge is 2.13. The maximum Gasteiger partial charge on any atom is 0.203 e. The van der Waals surface area contributed by atoms with E-state index in [1.807, 2.05) is 48.6 Å². The van der Waals surface area contributed by atoms with Crippen molar-refractivity contribution in [2.45, 2.75) is 0 Å². The monoisotopic (exact) mass is 500 g/mol. The molecule has 1 aromatic heterocycles. The van der Waals surface area contributed by atoms with E-state index in [9.17, 15) is 9.90 Å². The lowest BCUT2D eigenvalue weighted by Crippen LogP contribution is -1.97. The molecular formula is C29H28N2O6. The average Bonchev–Trinajstić information content (AvgIpc) is 3.36. The minimum Gasteiger partial charge on any atom is -0.504 e. The second-order valence-electron chi connectivity index (χ2n) is 7.99. The Morgan fingerprint density at radius 3 is 2.27 bits per heavy atom. The molecule has 4 rings (SSSR count). The number of anilines is 1. The number of nitrogens with one attached hydrogen (secondary N) is 2. The molecule has 0 saturated heterocycles. The van der Waals surface area contributed by atoms with Gasteiger partial charge in [-0.1, -0.05) is 30.4 Å². The van der Waals surface area contributed by atoms with Crippen LogP contribution in [0.15, 0.2) is 67.0 Å². The molecule has 0 spiro atoms. The Morgan fingerprint density at radius 1 is 0.892 bits per heavy atom. The predicted molar refractivity (Wildman–Crippen MR) is 145 cm³/mol. The van der Waals surface area contributed by atoms with Gasteiger partial charge in [0.25, 0.3) is 0 Å². The second-order valence-corrected chi connectivity index (χ2v) is 7.99. The van der Waals surface area contributed by atoms with E-state index in [-0.39, 0.29) is 11.5 Å². The van der Waals surface area contributed by atoms with E-state index in [0.29, 0.717) is 39.8 Å². The van der Waals surface area contributed by atoms with Crippen molar-refractivity contribution in [2.75, 3.05) is 33.8 Å². The van der Waals surface area contributed by atoms with Crippen LogP contribution in [0.4, 0.5) is 5.69 Å². The van der Waals surface area contributed by atoms with Crippen LogP contribution >= 0.6 is 0 Å². The zero-order valence-corrected chi connectivity index (χ0v) is 21.0. The van der Waals surface area contributed by atoms with Crippen molar-refractivity contribution in [3.8, 4) is 28.7 Å². The number of fused-ring (bicyclic) bond motifs is 1. The van der Waals surface area contributed by atoms with Crippen molar-refractivity contribution in [2.24, 2.45) is 0 Å². The van der Waals surface area contributed by atoms with Crippen LogP contribution in [0.3, 0.4) is 0 Å². The normalized spacial score (nSPS) is 11.2. The smallest absolute Gasteiger partial charge is 0.203 e. The average molecular weight is 501 g/mol. The Balaban J connectivity index is 1.62. The molecule has 0 unspecified atom stereocenters. The van der Waals surface area contributed by atoms with Gasteiger partial charge in [0.1, 0.15) is 0 Å². The number of hydrogen-bond donors (Lipinski definition) is 3. The molecule has 0 atom stereocenters. The molecule has 0 amide bonds. The molecule has 0 aliphatic rings. The standard InChI is InChI=1S/C29H28N2O6/c1-34-26-16-23(30-12-11-24(32)21-17-31-22-8-6-5-7-20(21)22)19(15-25(26)33)10-9-18-13-27(35-2)29(37-4)28(14-18)36-3/h5-17,30-31,33H,1-4H3/b10-9-,12-11-. The quantitative estimate of drug-likeness (QED) is 0.108. The number of H-pyrrole nitrogens is 1. The number of aromatic hydroxyl groups is 1. The van der Waals surface area contributed by atoms with Crippen LogP contribution in [0.5, 0.6) is 28.7 Å². The number of hydrogen-bond acceptors (Lipinski definition) is 7. The largest absolute Gasteiger partial charge is 0.504 e. The lowest BCUT2D eigenvalue weighted by atomic mass is 10.1. The Labute approximate surface area is 214 Å². The van der Waals surface area contributed by atoms with Gasteiger partial charge in [0.05, 0.1) is 28.4 Å². The summed E-state index contributed by atoms with van der Waals surface area (Å²) in [4.78, 5) is 15.9. The Bertz CT molecular complexity index is 1460. The fraction of sp³-hybridized carbons (Fsp3) is 0.138. The molecule has 8 heteroatoms. The molecule has 190 valence electrons. The zero-order chi connectivity index (χ0) is 26.4. The number of ketones is 1. The van der Waals surface area contributed by atoms with Gasteiger partial charge in [-0.3, -0.25) is 4.79 Å². The third-order valence-electron chi connectivity index (χ3n) is 5.82. The van der Waals surface area contributed by atoms with Crippen LogP contribution in [0.2, 0.25) is 0 Å². The van der Waals surface area contributed by atoms with Gasteiger partial charge in [0, 0.05) is 52.3 Å². The molecule has 8 nitrogen and oxygen atoms in total. The van der Waals surface area contributed by atoms with Gasteiger partial charge in [0.2, 0.25) is 5.75 Å². The molecule has 37 heavy (non-hydrogen) atoms. The van der Waals surface area contributed by atoms with E-state index >= 15 is 0 Å². The van der Waals surface area contributed by atoms with E-state index in [2.05, 4.69) is 10.3 Å². The van der Waals surface area contributed by atoms with Crippen LogP contribution in [0.1, 0.15) is 21.5 Å². The number of para-hydroxylation sites is 1. The van der Waals surface area contributed by atoms with E-state index < -0.39 is 0 Å². The van der Waals surface area contributed by atoms with Crippen LogP contribution in [0, 0.1) is 0 Å². The van der Waals surface area contributed by atoms with Gasteiger partial charge >= 0.3 is 0 Å². The summed E-state index contributed by atoms with van der Waals surface area (Å²) in [6.45, 7) is 0. The van der Waals surface area contributed by atoms with Crippen LogP contribution < -0.4 is 24.3 Å². The number of carbonyl (C=O) groups is 1. The van der Waals surface area contributed by atoms with Gasteiger partial charge in [-0.2, -0.15) is 0 Å². The third kappa shape index (κ3) is 5.38. The molecule has 3 N–H and O–H groups in total. The maximum absolute atomic E-state index is 12.8. The number of methoxy groups -OCH3 is 4. The highest BCUT2D eigenvalue weighted by Crippen LogP contribution is 2.39. The number of aromatic amines is 1. The summed E-state index contributed by atoms with van der Waals surface area (Å²) in [7, 11) is 6.13. The van der Waals surface area contributed by atoms with E-state index in [0.717, 1.165) is 16.5 Å². The van der Waals surface area contributed by atoms with Crippen LogP contribution in [0.25, 0.3) is 23.1 Å². The van der Waals surface area contributed by atoms with Crippen LogP contribution in [-0.4, -0.2) is 44.3 Å². The molecule has 0 aliphatic heterocycles. The number of allylic oxidation sites excluding steroid dienone is 1. The minimum absolute atomic E-state index is 0.0172. The molecule has 0 saturated carbocycles. The first kappa shape index (κ1) is 25.2. The Kier molecular flexibility index (Phi) is 7.68. The SMILES string of the molecule is COc1cc(N/C=C\C(=O)c2c[nH]c3ccccc23)c(/C=C\c2cc(OC)c(OC)c(OC)c2)cc1O. The molecule has 4 aromatic rings. The number of benzene rings is 3. The van der Waals surface area contributed by atoms with Crippen molar-refractivity contribution >= 4 is 34.5 Å². The summed E-state index contributed by atoms with van der Waals surface area (Å²) in [5.41, 5.74) is 3.56. The minimum atomic E-state index is -0.148. The van der Waals surface area contributed by atoms with E-state index in [1.165, 1.54) is 13.2 Å². The summed E-state index contributed by atoms with van der Waals surface area (Å²) in [6.07, 6.45) is 8.38. The number of phenolic OH excluding ortho intramolecular Hbond substituents is 1. The van der Waals surface area contributed by atoms with Crippen molar-refractivity contribution in [1.82, 2.24) is 4.98 Å². The molecule has 3 aromatic carbocycles. The van der Waals surface area contributed by atoms with Gasteiger partial charge < -0.3 is 34.4 Å². The highest BCUT2D eigenvalue weighted by molar-refractivity contribution is 6.13. The van der Waals surface area contributed by atoms with Gasteiger partial charge in [-0.25, -0.2) is 0 Å². The molecule has 0 radical (unpaired) electrons. The lowest BCUT2D eigenvalue weighted by molar-refractivity contribution is 0.104. The summed E-state index contributed by atoms with van der Waals surface area (Å²) < 4.78 is 21.5. The number of aromatic nitrogens is 1. The second kappa shape index (κ2) is 11.3. The molecule has 1 heterocycles. The van der Waals surface area contributed by atoms with Gasteiger partial charge in [-0.15, -0.1) is 0 Å². The van der Waals surface area contributed by atoms with Crippen molar-refractivity contribution in [1.29, 1.82) is 0 Å². The number of rotatable bonds is 10. The van der Waals surface area contributed by atoms with E-state index in [4.69, 9.17) is 18.9 Å². The predicted octanol–water partition coefficient (Wildman–Crippen LogP) is 5.89. The molecule has 0 aliphatic carbocycles. The van der Waals surface area contributed by atoms with Crippen LogP contribution in [-0.2, 0) is 0 Å². The fourth-order valence-corrected chi connectivity index (χ4v) is 3.97. The van der Waals surface area contributed by atoms with Crippen molar-refractivity contribution < 1.29 is 28.8 Å². The molecular weight excluding hydrogens is 472 g/mol. The summed E-state index contributed by atoms with van der Waals surface area (Å²) in [6, 6.07) is 14.5. The number of carbonyl (C=O) groups excluding carboxylic acids is 1. The molecule has 0 fully saturated rings. The third-order valence-corrected chi connectivity index (χ3v) is 5.82. The summed E-state index contributed by atoms with van der Waals surface area (Å²) in [5, 5.41) is 14.4. The summed E-state index contributed by atoms with van der Waals surface area (Å²) >= 11 is 0. The lowest BCUT2D eigenvalue weighted by Gasteiger charge is -2.13. The first-order chi connectivity index (χ1) is 18.0. The first-order valence-electron chi connectivity index (χ1n) is 11.4. The number of phenols is 1. The number of ether oxygens (including phenoxy) is 4. The fourth-order valence-electron chi connectivity index (χ4n) is 3.97. The van der Waals surface area contributed by atoms with Crippen molar-refractivity contribution in [3.05, 3.63) is 83.7 Å².